The van der Waals surface area contributed by atoms with E-state index < -0.39 is 0 Å². The van der Waals surface area contributed by atoms with E-state index in [4.69, 9.17) is 5.73 Å². The van der Waals surface area contributed by atoms with Gasteiger partial charge in [-0.25, -0.2) is 0 Å². The highest BCUT2D eigenvalue weighted by atomic mass is 16.5. The first-order valence-corrected chi connectivity index (χ1v) is 5.03. The molecule has 0 aromatic rings. The molecule has 1 heterocycles. The average molecular weight is 202 g/mol. The minimum absolute atomic E-state index is 0.318. The van der Waals surface area contributed by atoms with Crippen LogP contribution >= 0.6 is 0 Å². The zero-order valence-corrected chi connectivity index (χ0v) is 9.38. The predicted octanol–water partition coefficient (Wildman–Crippen LogP) is 0.655. The van der Waals surface area contributed by atoms with Crippen LogP contribution in [0, 0.1) is 0 Å². The summed E-state index contributed by atoms with van der Waals surface area (Å²) in [4.78, 5) is 9.60. The van der Waals surface area contributed by atoms with Crippen molar-refractivity contribution in [2.24, 2.45) is 5.73 Å². The molecule has 1 atom stereocenters. The van der Waals surface area contributed by atoms with Crippen LogP contribution in [0.5, 0.6) is 0 Å². The second-order valence-corrected chi connectivity index (χ2v) is 4.43. The zero-order valence-electron chi connectivity index (χ0n) is 9.38. The van der Waals surface area contributed by atoms with Crippen molar-refractivity contribution < 1.29 is 9.53 Å². The molecule has 3 N–H and O–H groups in total. The zero-order chi connectivity index (χ0) is 11.0. The average Bonchev–Trinajstić information content (AvgIpc) is 2.04. The maximum absolute atomic E-state index is 9.60. The maximum atomic E-state index is 9.60. The summed E-state index contributed by atoms with van der Waals surface area (Å²) in [7, 11) is 0. The molecule has 0 aromatic carbocycles. The number of nitrogens with two attached hydrogens (primary N) is 1. The van der Waals surface area contributed by atoms with Crippen LogP contribution in [0.2, 0.25) is 0 Å². The summed E-state index contributed by atoms with van der Waals surface area (Å²) >= 11 is 0. The molecule has 0 spiro atoms. The SMILES string of the molecule is CC(C)(C)OC=O.NC1CCCNC1. The summed E-state index contributed by atoms with van der Waals surface area (Å²) in [6.07, 6.45) is 2.45. The van der Waals surface area contributed by atoms with E-state index in [0.29, 0.717) is 12.5 Å². The molecule has 4 nitrogen and oxygen atoms in total. The van der Waals surface area contributed by atoms with Crippen LogP contribution in [-0.2, 0) is 9.53 Å². The van der Waals surface area contributed by atoms with E-state index in [1.54, 1.807) is 0 Å². The van der Waals surface area contributed by atoms with Gasteiger partial charge < -0.3 is 15.8 Å². The van der Waals surface area contributed by atoms with Crippen LogP contribution in [0.3, 0.4) is 0 Å². The Labute approximate surface area is 86.2 Å². The molecular formula is C10H22N2O2. The Morgan fingerprint density at radius 3 is 2.29 bits per heavy atom. The van der Waals surface area contributed by atoms with Gasteiger partial charge in [0, 0.05) is 12.6 Å². The molecule has 4 heteroatoms. The lowest BCUT2D eigenvalue weighted by atomic mass is 10.1. The molecule has 1 aliphatic heterocycles. The van der Waals surface area contributed by atoms with Gasteiger partial charge in [0.25, 0.3) is 6.47 Å². The lowest BCUT2D eigenvalue weighted by molar-refractivity contribution is -0.138. The summed E-state index contributed by atoms with van der Waals surface area (Å²) in [6.45, 7) is 8.10. The van der Waals surface area contributed by atoms with Crippen LogP contribution in [0.15, 0.2) is 0 Å². The van der Waals surface area contributed by atoms with E-state index in [1.165, 1.54) is 12.8 Å². The number of hydrogen-bond acceptors (Lipinski definition) is 4. The number of piperidine rings is 1. The van der Waals surface area contributed by atoms with Crippen molar-refractivity contribution in [2.45, 2.75) is 45.3 Å². The number of carbonyl (C=O) groups is 1. The van der Waals surface area contributed by atoms with E-state index in [0.717, 1.165) is 13.1 Å². The Morgan fingerprint density at radius 2 is 2.14 bits per heavy atom. The van der Waals surface area contributed by atoms with Gasteiger partial charge in [0.1, 0.15) is 5.60 Å². The molecule has 1 fully saturated rings. The lowest BCUT2D eigenvalue weighted by Gasteiger charge is -2.17. The van der Waals surface area contributed by atoms with Crippen molar-refractivity contribution >= 4 is 6.47 Å². The van der Waals surface area contributed by atoms with E-state index in [9.17, 15) is 4.79 Å². The molecule has 0 aliphatic carbocycles. The molecule has 84 valence electrons. The summed E-state index contributed by atoms with van der Waals surface area (Å²) in [6, 6.07) is 0.425. The first-order chi connectivity index (χ1) is 6.45. The number of ether oxygens (including phenoxy) is 1. The molecule has 1 saturated heterocycles. The van der Waals surface area contributed by atoms with Gasteiger partial charge in [-0.05, 0) is 40.2 Å². The Bertz CT molecular complexity index is 149. The number of carbonyl (C=O) groups excluding carboxylic acids is 1. The summed E-state index contributed by atoms with van der Waals surface area (Å²) in [5.41, 5.74) is 5.25. The smallest absolute Gasteiger partial charge is 0.293 e. The first-order valence-electron chi connectivity index (χ1n) is 5.03. The van der Waals surface area contributed by atoms with Gasteiger partial charge in [-0.15, -0.1) is 0 Å². The monoisotopic (exact) mass is 202 g/mol. The second kappa shape index (κ2) is 6.79. The van der Waals surface area contributed by atoms with Crippen LogP contribution in [-0.4, -0.2) is 31.2 Å². The topological polar surface area (TPSA) is 64.3 Å². The highest BCUT2D eigenvalue weighted by molar-refractivity contribution is 5.37. The highest BCUT2D eigenvalue weighted by Crippen LogP contribution is 2.02. The number of nitrogens with one attached hydrogen (secondary N) is 1. The molecule has 0 saturated carbocycles. The third kappa shape index (κ3) is 9.48. The van der Waals surface area contributed by atoms with Crippen molar-refractivity contribution in [1.82, 2.24) is 5.32 Å². The van der Waals surface area contributed by atoms with Gasteiger partial charge in [0.15, 0.2) is 0 Å². The molecular weight excluding hydrogens is 180 g/mol. The Hall–Kier alpha value is -0.610. The van der Waals surface area contributed by atoms with Crippen LogP contribution < -0.4 is 11.1 Å². The summed E-state index contributed by atoms with van der Waals surface area (Å²) in [5, 5.41) is 3.21. The molecule has 1 rings (SSSR count). The van der Waals surface area contributed by atoms with Crippen LogP contribution in [0.1, 0.15) is 33.6 Å². The third-order valence-corrected chi connectivity index (χ3v) is 1.74. The quantitative estimate of drug-likeness (QED) is 0.613. The van der Waals surface area contributed by atoms with Crippen molar-refractivity contribution in [1.29, 1.82) is 0 Å². The normalized spacial score (nSPS) is 21.9. The van der Waals surface area contributed by atoms with Gasteiger partial charge in [-0.1, -0.05) is 0 Å². The fraction of sp³-hybridized carbons (Fsp3) is 0.900. The lowest BCUT2D eigenvalue weighted by Crippen LogP contribution is -2.39. The van der Waals surface area contributed by atoms with E-state index in [1.807, 2.05) is 20.8 Å². The first kappa shape index (κ1) is 13.4. The molecule has 1 aliphatic rings. The van der Waals surface area contributed by atoms with Crippen molar-refractivity contribution in [3.05, 3.63) is 0 Å². The Morgan fingerprint density at radius 1 is 1.50 bits per heavy atom. The Balaban J connectivity index is 0.000000241. The van der Waals surface area contributed by atoms with E-state index in [-0.39, 0.29) is 5.60 Å². The van der Waals surface area contributed by atoms with Crippen molar-refractivity contribution in [3.8, 4) is 0 Å². The maximum Gasteiger partial charge on any atom is 0.293 e. The fourth-order valence-electron chi connectivity index (χ4n) is 1.02. The second-order valence-electron chi connectivity index (χ2n) is 4.43. The standard InChI is InChI=1S/C5H12N2.C5H10O2/c6-5-2-1-3-7-4-5;1-5(2,3)7-4-6/h5,7H,1-4,6H2;4H,1-3H3. The number of rotatable bonds is 1. The molecule has 14 heavy (non-hydrogen) atoms. The highest BCUT2D eigenvalue weighted by Gasteiger charge is 2.07. The van der Waals surface area contributed by atoms with Gasteiger partial charge in [-0.3, -0.25) is 4.79 Å². The van der Waals surface area contributed by atoms with Gasteiger partial charge in [0.2, 0.25) is 0 Å². The minimum Gasteiger partial charge on any atom is -0.462 e. The van der Waals surface area contributed by atoms with E-state index in [2.05, 4.69) is 10.1 Å². The van der Waals surface area contributed by atoms with Crippen molar-refractivity contribution in [3.63, 3.8) is 0 Å². The molecule has 0 amide bonds. The molecule has 0 radical (unpaired) electrons. The molecule has 1 unspecified atom stereocenters. The summed E-state index contributed by atoms with van der Waals surface area (Å²) < 4.78 is 4.55. The fourth-order valence-corrected chi connectivity index (χ4v) is 1.02. The minimum atomic E-state index is -0.318. The van der Waals surface area contributed by atoms with E-state index >= 15 is 0 Å². The van der Waals surface area contributed by atoms with Crippen LogP contribution in [0.25, 0.3) is 0 Å². The largest absolute Gasteiger partial charge is 0.462 e. The van der Waals surface area contributed by atoms with Crippen LogP contribution in [0.4, 0.5) is 0 Å². The number of hydrogen-bond donors (Lipinski definition) is 2. The van der Waals surface area contributed by atoms with Gasteiger partial charge in [0.05, 0.1) is 0 Å². The predicted molar refractivity (Wildman–Crippen MR) is 57.0 cm³/mol. The van der Waals surface area contributed by atoms with Crippen molar-refractivity contribution in [2.75, 3.05) is 13.1 Å². The Kier molecular flexibility index (Phi) is 6.49. The van der Waals surface area contributed by atoms with Gasteiger partial charge >= 0.3 is 0 Å². The third-order valence-electron chi connectivity index (χ3n) is 1.74. The van der Waals surface area contributed by atoms with Gasteiger partial charge in [-0.2, -0.15) is 0 Å². The summed E-state index contributed by atoms with van der Waals surface area (Å²) in [5.74, 6) is 0. The molecule has 0 bridgehead atoms. The molecule has 0 aromatic heterocycles.